The van der Waals surface area contributed by atoms with Gasteiger partial charge in [-0.15, -0.1) is 0 Å². The topological polar surface area (TPSA) is 61.9 Å². The fraction of sp³-hybridized carbons (Fsp3) is 0.688. The first-order valence-electron chi connectivity index (χ1n) is 8.45. The van der Waals surface area contributed by atoms with Crippen molar-refractivity contribution in [2.24, 2.45) is 4.99 Å². The molecule has 1 aromatic heterocycles. The number of carbonyl (C=O) groups excluding carboxylic acids is 1. The molecule has 1 saturated heterocycles. The fourth-order valence-corrected chi connectivity index (χ4v) is 4.43. The summed E-state index contributed by atoms with van der Waals surface area (Å²) in [6.07, 6.45) is 4.09. The summed E-state index contributed by atoms with van der Waals surface area (Å²) in [6, 6.07) is 0. The Morgan fingerprint density at radius 1 is 1.22 bits per heavy atom. The van der Waals surface area contributed by atoms with Crippen molar-refractivity contribution in [3.63, 3.8) is 0 Å². The molecule has 0 saturated carbocycles. The van der Waals surface area contributed by atoms with Crippen LogP contribution in [0.2, 0.25) is 0 Å². The Morgan fingerprint density at radius 3 is 2.74 bits per heavy atom. The third kappa shape index (κ3) is 2.86. The molecule has 0 spiro atoms. The highest BCUT2D eigenvalue weighted by Crippen LogP contribution is 2.26. The van der Waals surface area contributed by atoms with E-state index >= 15 is 0 Å². The molecule has 1 aromatic rings. The largest absolute Gasteiger partial charge is 0.360 e. The van der Waals surface area contributed by atoms with Crippen molar-refractivity contribution < 1.29 is 9.32 Å². The van der Waals surface area contributed by atoms with Gasteiger partial charge in [-0.3, -0.25) is 9.79 Å². The molecule has 1 atom stereocenters. The number of thioether (sulfide) groups is 1. The van der Waals surface area contributed by atoms with Gasteiger partial charge in [-0.05, 0) is 19.3 Å². The van der Waals surface area contributed by atoms with Crippen LogP contribution < -0.4 is 0 Å². The normalized spacial score (nSPS) is 24.6. The van der Waals surface area contributed by atoms with Crippen LogP contribution in [-0.2, 0) is 12.8 Å². The van der Waals surface area contributed by atoms with Gasteiger partial charge in [0.05, 0.1) is 6.54 Å². The van der Waals surface area contributed by atoms with Gasteiger partial charge in [0.25, 0.3) is 5.91 Å². The number of amidine groups is 1. The maximum Gasteiger partial charge on any atom is 0.276 e. The van der Waals surface area contributed by atoms with Crippen LogP contribution in [0.5, 0.6) is 0 Å². The summed E-state index contributed by atoms with van der Waals surface area (Å²) in [5.41, 5.74) is 1.60. The Kier molecular flexibility index (Phi) is 4.05. The Bertz CT molecular complexity index is 634. The zero-order chi connectivity index (χ0) is 15.8. The van der Waals surface area contributed by atoms with E-state index in [2.05, 4.69) is 22.0 Å². The van der Waals surface area contributed by atoms with Crippen LogP contribution in [0.15, 0.2) is 9.52 Å². The summed E-state index contributed by atoms with van der Waals surface area (Å²) < 4.78 is 5.38. The van der Waals surface area contributed by atoms with Crippen LogP contribution in [0.3, 0.4) is 0 Å². The molecule has 2 aliphatic heterocycles. The minimum Gasteiger partial charge on any atom is -0.360 e. The lowest BCUT2D eigenvalue weighted by atomic mass is 9.96. The van der Waals surface area contributed by atoms with Gasteiger partial charge in [0.2, 0.25) is 0 Å². The number of aryl methyl sites for hydroxylation is 1. The number of rotatable bonds is 1. The first-order chi connectivity index (χ1) is 11.2. The molecule has 23 heavy (non-hydrogen) atoms. The SMILES string of the molecule is C[C@H]1CN=C(N2CCN(C(=O)c3noc4c3CCCC4)CC2)S1. The zero-order valence-corrected chi connectivity index (χ0v) is 14.3. The van der Waals surface area contributed by atoms with Gasteiger partial charge in [0, 0.05) is 43.4 Å². The summed E-state index contributed by atoms with van der Waals surface area (Å²) in [4.78, 5) is 21.6. The molecule has 6 nitrogen and oxygen atoms in total. The quantitative estimate of drug-likeness (QED) is 0.784. The predicted octanol–water partition coefficient (Wildman–Crippen LogP) is 1.80. The summed E-state index contributed by atoms with van der Waals surface area (Å²) in [7, 11) is 0. The molecule has 3 aliphatic rings. The monoisotopic (exact) mass is 334 g/mol. The van der Waals surface area contributed by atoms with Crippen molar-refractivity contribution in [1.29, 1.82) is 0 Å². The molecule has 0 unspecified atom stereocenters. The predicted molar refractivity (Wildman–Crippen MR) is 90.0 cm³/mol. The highest BCUT2D eigenvalue weighted by Gasteiger charge is 2.31. The lowest BCUT2D eigenvalue weighted by molar-refractivity contribution is 0.0682. The second-order valence-corrected chi connectivity index (χ2v) is 7.88. The lowest BCUT2D eigenvalue weighted by Crippen LogP contribution is -2.50. The van der Waals surface area contributed by atoms with Gasteiger partial charge in [-0.2, -0.15) is 0 Å². The maximum atomic E-state index is 12.8. The molecule has 0 bridgehead atoms. The van der Waals surface area contributed by atoms with Crippen molar-refractivity contribution in [3.05, 3.63) is 17.0 Å². The zero-order valence-electron chi connectivity index (χ0n) is 13.5. The van der Waals surface area contributed by atoms with Gasteiger partial charge < -0.3 is 14.3 Å². The summed E-state index contributed by atoms with van der Waals surface area (Å²) in [5, 5.41) is 5.79. The number of nitrogens with zero attached hydrogens (tertiary/aromatic N) is 4. The molecule has 3 heterocycles. The van der Waals surface area contributed by atoms with Crippen LogP contribution in [0.25, 0.3) is 0 Å². The van der Waals surface area contributed by atoms with Gasteiger partial charge >= 0.3 is 0 Å². The minimum atomic E-state index is 0.0333. The highest BCUT2D eigenvalue weighted by molar-refractivity contribution is 8.14. The van der Waals surface area contributed by atoms with Gasteiger partial charge in [-0.25, -0.2) is 0 Å². The molecule has 1 aliphatic carbocycles. The number of piperazine rings is 1. The van der Waals surface area contributed by atoms with Crippen molar-refractivity contribution in [2.45, 2.75) is 37.9 Å². The van der Waals surface area contributed by atoms with Crippen molar-refractivity contribution in [3.8, 4) is 0 Å². The number of aromatic nitrogens is 1. The summed E-state index contributed by atoms with van der Waals surface area (Å²) >= 11 is 1.84. The lowest BCUT2D eigenvalue weighted by Gasteiger charge is -2.35. The molecular formula is C16H22N4O2S. The molecule has 7 heteroatoms. The fourth-order valence-electron chi connectivity index (χ4n) is 3.44. The van der Waals surface area contributed by atoms with Gasteiger partial charge in [0.15, 0.2) is 10.9 Å². The second kappa shape index (κ2) is 6.19. The van der Waals surface area contributed by atoms with E-state index in [4.69, 9.17) is 4.52 Å². The Labute approximate surface area is 140 Å². The third-order valence-electron chi connectivity index (χ3n) is 4.78. The second-order valence-electron chi connectivity index (χ2n) is 6.47. The molecule has 0 N–H and O–H groups in total. The van der Waals surface area contributed by atoms with E-state index in [1.54, 1.807) is 0 Å². The van der Waals surface area contributed by atoms with Crippen LogP contribution >= 0.6 is 11.8 Å². The first-order valence-corrected chi connectivity index (χ1v) is 9.33. The highest BCUT2D eigenvalue weighted by atomic mass is 32.2. The molecule has 1 fully saturated rings. The standard InChI is InChI=1S/C16H22N4O2S/c1-11-10-17-16(23-11)20-8-6-19(7-9-20)15(21)14-12-4-2-3-5-13(12)22-18-14/h11H,2-10H2,1H3/t11-/m0/s1. The molecule has 0 radical (unpaired) electrons. The Balaban J connectivity index is 1.40. The summed E-state index contributed by atoms with van der Waals surface area (Å²) in [6.45, 7) is 6.27. The molecule has 124 valence electrons. The van der Waals surface area contributed by atoms with Crippen LogP contribution in [0.1, 0.15) is 41.6 Å². The molecule has 1 amide bonds. The van der Waals surface area contributed by atoms with E-state index < -0.39 is 0 Å². The number of hydrogen-bond donors (Lipinski definition) is 0. The van der Waals surface area contributed by atoms with Gasteiger partial charge in [0.1, 0.15) is 5.76 Å². The van der Waals surface area contributed by atoms with Crippen LogP contribution in [-0.4, -0.2) is 64.0 Å². The molecule has 0 aromatic carbocycles. The number of hydrogen-bond acceptors (Lipinski definition) is 6. The Hall–Kier alpha value is -1.50. The smallest absolute Gasteiger partial charge is 0.276 e. The van der Waals surface area contributed by atoms with E-state index in [1.807, 2.05) is 16.7 Å². The van der Waals surface area contributed by atoms with Gasteiger partial charge in [-0.1, -0.05) is 23.8 Å². The van der Waals surface area contributed by atoms with Crippen molar-refractivity contribution >= 4 is 22.8 Å². The van der Waals surface area contributed by atoms with Crippen molar-refractivity contribution in [2.75, 3.05) is 32.7 Å². The number of fused-ring (bicyclic) bond motifs is 1. The molecular weight excluding hydrogens is 312 g/mol. The molecule has 4 rings (SSSR count). The van der Waals surface area contributed by atoms with Crippen LogP contribution in [0, 0.1) is 0 Å². The van der Waals surface area contributed by atoms with E-state index in [1.165, 1.54) is 0 Å². The van der Waals surface area contributed by atoms with Crippen LogP contribution in [0.4, 0.5) is 0 Å². The average Bonchev–Trinajstić information content (AvgIpc) is 3.21. The minimum absolute atomic E-state index is 0.0333. The third-order valence-corrected chi connectivity index (χ3v) is 5.93. The van der Waals surface area contributed by atoms with E-state index in [0.29, 0.717) is 10.9 Å². The number of carbonyl (C=O) groups is 1. The van der Waals surface area contributed by atoms with E-state index in [9.17, 15) is 4.79 Å². The Morgan fingerprint density at radius 2 is 2.00 bits per heavy atom. The maximum absolute atomic E-state index is 12.8. The van der Waals surface area contributed by atoms with E-state index in [-0.39, 0.29) is 5.91 Å². The van der Waals surface area contributed by atoms with Crippen molar-refractivity contribution in [1.82, 2.24) is 15.0 Å². The number of amides is 1. The summed E-state index contributed by atoms with van der Waals surface area (Å²) in [5.74, 6) is 0.954. The first kappa shape index (κ1) is 15.1. The number of aliphatic imine (C=N–C) groups is 1. The average molecular weight is 334 g/mol. The van der Waals surface area contributed by atoms with E-state index in [0.717, 1.165) is 74.9 Å².